The van der Waals surface area contributed by atoms with Gasteiger partial charge in [-0.1, -0.05) is 36.2 Å². The third kappa shape index (κ3) is 6.48. The van der Waals surface area contributed by atoms with Crippen LogP contribution in [0.3, 0.4) is 0 Å². The van der Waals surface area contributed by atoms with Crippen molar-refractivity contribution in [2.75, 3.05) is 31.2 Å². The molecule has 0 spiro atoms. The number of aromatic nitrogens is 6. The number of rotatable bonds is 11. The molecular weight excluding hydrogens is 655 g/mol. The normalized spacial score (nSPS) is 19.9. The van der Waals surface area contributed by atoms with Crippen LogP contribution in [0, 0.1) is 0 Å². The predicted octanol–water partition coefficient (Wildman–Crippen LogP) is 5.44. The van der Waals surface area contributed by atoms with Crippen LogP contribution in [-0.4, -0.2) is 72.4 Å². The number of hydrogen-bond donors (Lipinski definition) is 0. The molecule has 12 nitrogen and oxygen atoms in total. The first-order chi connectivity index (χ1) is 23.3. The molecule has 48 heavy (non-hydrogen) atoms. The molecule has 14 heteroatoms. The van der Waals surface area contributed by atoms with Gasteiger partial charge in [-0.3, -0.25) is 0 Å². The summed E-state index contributed by atoms with van der Waals surface area (Å²) >= 11 is 12.7. The lowest BCUT2D eigenvalue weighted by Crippen LogP contribution is -2.35. The molecule has 1 fully saturated rings. The van der Waals surface area contributed by atoms with E-state index in [-0.39, 0.29) is 31.0 Å². The van der Waals surface area contributed by atoms with Gasteiger partial charge in [0.2, 0.25) is 12.1 Å². The maximum absolute atomic E-state index is 12.8. The first-order valence-corrected chi connectivity index (χ1v) is 16.5. The molecule has 0 N–H and O–H groups in total. The predicted molar refractivity (Wildman–Crippen MR) is 182 cm³/mol. The molecule has 5 aromatic rings. The maximum atomic E-state index is 12.8. The van der Waals surface area contributed by atoms with Crippen molar-refractivity contribution in [3.63, 3.8) is 0 Å². The van der Waals surface area contributed by atoms with E-state index in [1.807, 2.05) is 68.4 Å². The monoisotopic (exact) mass is 689 g/mol. The molecule has 248 valence electrons. The van der Waals surface area contributed by atoms with Gasteiger partial charge in [-0.25, -0.2) is 33.2 Å². The first-order valence-electron chi connectivity index (χ1n) is 15.8. The van der Waals surface area contributed by atoms with Crippen LogP contribution >= 0.6 is 23.2 Å². The van der Waals surface area contributed by atoms with Crippen molar-refractivity contribution in [1.29, 1.82) is 0 Å². The smallest absolute Gasteiger partial charge is 0.350 e. The van der Waals surface area contributed by atoms with E-state index in [2.05, 4.69) is 31.0 Å². The van der Waals surface area contributed by atoms with Gasteiger partial charge in [0.1, 0.15) is 68.5 Å². The van der Waals surface area contributed by atoms with Gasteiger partial charge in [-0.05, 0) is 74.0 Å². The summed E-state index contributed by atoms with van der Waals surface area (Å²) in [6.45, 7) is 6.55. The van der Waals surface area contributed by atoms with Crippen molar-refractivity contribution < 1.29 is 18.8 Å². The molecule has 2 aliphatic heterocycles. The number of nitrogens with zero attached hydrogens (tertiary/aromatic N) is 8. The lowest BCUT2D eigenvalue weighted by molar-refractivity contribution is -0.424. The summed E-state index contributed by atoms with van der Waals surface area (Å²) < 4.78 is 25.8. The Morgan fingerprint density at radius 2 is 1.83 bits per heavy atom. The SMILES string of the molecule is CCC(C)n1ncn(-c2ccc([N+]3=CN(c4ccc(OC[C@H]5CO[C@](Cn6cncn6)(c6ccc(Cl)cc6Cl)O5)cc4)CC3)cc2)c1=O. The van der Waals surface area contributed by atoms with E-state index < -0.39 is 5.79 Å². The topological polar surface area (TPSA) is 104 Å². The molecule has 2 aromatic heterocycles. The first kappa shape index (κ1) is 32.1. The quantitative estimate of drug-likeness (QED) is 0.169. The van der Waals surface area contributed by atoms with Gasteiger partial charge in [-0.15, -0.1) is 0 Å². The molecule has 7 rings (SSSR count). The van der Waals surface area contributed by atoms with Gasteiger partial charge < -0.3 is 14.2 Å². The fourth-order valence-electron chi connectivity index (χ4n) is 5.87. The Bertz CT molecular complexity index is 1960. The summed E-state index contributed by atoms with van der Waals surface area (Å²) in [5, 5.41) is 9.48. The average molecular weight is 691 g/mol. The Morgan fingerprint density at radius 1 is 1.04 bits per heavy atom. The summed E-state index contributed by atoms with van der Waals surface area (Å²) in [4.78, 5) is 19.0. The van der Waals surface area contributed by atoms with Crippen LogP contribution in [0.5, 0.6) is 5.75 Å². The summed E-state index contributed by atoms with van der Waals surface area (Å²) in [6.07, 6.45) is 7.24. The number of halogens is 2. The van der Waals surface area contributed by atoms with Crippen LogP contribution in [0.25, 0.3) is 5.69 Å². The standard InChI is InChI=1S/C34H35Cl2N8O4/c1-3-24(2)44-33(45)43(22-39-44)28-7-5-26(6-8-28)40-14-15-41(23-40)27-9-11-29(12-10-27)46-17-30-18-47-34(48-30,19-42-21-37-20-38-42)31-13-4-25(35)16-32(31)36/h4-13,16,20-24,30H,3,14-15,17-19H2,1-2H3/q+1/t24?,30-,34-/m0/s1. The summed E-state index contributed by atoms with van der Waals surface area (Å²) in [5.41, 5.74) is 3.41. The molecule has 3 aromatic carbocycles. The highest BCUT2D eigenvalue weighted by molar-refractivity contribution is 6.35. The van der Waals surface area contributed by atoms with Crippen molar-refractivity contribution >= 4 is 40.9 Å². The lowest BCUT2D eigenvalue weighted by atomic mass is 10.1. The molecule has 0 saturated carbocycles. The number of ether oxygens (including phenoxy) is 3. The van der Waals surface area contributed by atoms with E-state index in [4.69, 9.17) is 37.4 Å². The minimum Gasteiger partial charge on any atom is -0.491 e. The second-order valence-electron chi connectivity index (χ2n) is 11.8. The summed E-state index contributed by atoms with van der Waals surface area (Å²) in [5.74, 6) is -0.446. The van der Waals surface area contributed by atoms with E-state index in [1.165, 1.54) is 11.0 Å². The highest BCUT2D eigenvalue weighted by atomic mass is 35.5. The minimum absolute atomic E-state index is 0.0533. The van der Waals surface area contributed by atoms with Gasteiger partial charge >= 0.3 is 5.69 Å². The second-order valence-corrected chi connectivity index (χ2v) is 12.7. The van der Waals surface area contributed by atoms with Gasteiger partial charge in [0.25, 0.3) is 0 Å². The largest absolute Gasteiger partial charge is 0.491 e. The Hall–Kier alpha value is -4.49. The molecule has 4 heterocycles. The van der Waals surface area contributed by atoms with Crippen LogP contribution in [0.1, 0.15) is 31.9 Å². The van der Waals surface area contributed by atoms with Crippen LogP contribution < -0.4 is 15.3 Å². The minimum atomic E-state index is -1.17. The molecule has 1 saturated heterocycles. The van der Waals surface area contributed by atoms with Crippen molar-refractivity contribution in [2.45, 2.75) is 44.7 Å². The molecule has 0 aliphatic carbocycles. The van der Waals surface area contributed by atoms with E-state index in [0.717, 1.165) is 42.3 Å². The fraction of sp³-hybridized carbons (Fsp3) is 0.324. The van der Waals surface area contributed by atoms with Gasteiger partial charge in [0.15, 0.2) is 0 Å². The Kier molecular flexibility index (Phi) is 9.06. The van der Waals surface area contributed by atoms with Crippen LogP contribution in [0.2, 0.25) is 10.0 Å². The zero-order chi connectivity index (χ0) is 33.3. The van der Waals surface area contributed by atoms with Gasteiger partial charge in [0.05, 0.1) is 23.4 Å². The fourth-order valence-corrected chi connectivity index (χ4v) is 6.42. The Morgan fingerprint density at radius 3 is 2.56 bits per heavy atom. The second kappa shape index (κ2) is 13.6. The van der Waals surface area contributed by atoms with E-state index in [0.29, 0.717) is 22.2 Å². The molecule has 0 amide bonds. The highest BCUT2D eigenvalue weighted by Gasteiger charge is 2.45. The summed E-state index contributed by atoms with van der Waals surface area (Å²) in [6, 6.07) is 21.2. The van der Waals surface area contributed by atoms with Crippen molar-refractivity contribution in [2.24, 2.45) is 0 Å². The van der Waals surface area contributed by atoms with E-state index in [9.17, 15) is 4.79 Å². The van der Waals surface area contributed by atoms with Crippen LogP contribution in [-0.2, 0) is 21.8 Å². The molecule has 0 radical (unpaired) electrons. The third-order valence-corrected chi connectivity index (χ3v) is 9.21. The number of anilines is 1. The van der Waals surface area contributed by atoms with Crippen molar-refractivity contribution in [3.8, 4) is 11.4 Å². The molecule has 2 aliphatic rings. The Labute approximate surface area is 287 Å². The molecule has 1 unspecified atom stereocenters. The van der Waals surface area contributed by atoms with Crippen LogP contribution in [0.4, 0.5) is 11.4 Å². The zero-order valence-electron chi connectivity index (χ0n) is 26.5. The van der Waals surface area contributed by atoms with Crippen LogP contribution in [0.15, 0.2) is 90.5 Å². The molecule has 3 atom stereocenters. The zero-order valence-corrected chi connectivity index (χ0v) is 28.0. The van der Waals surface area contributed by atoms with E-state index >= 15 is 0 Å². The van der Waals surface area contributed by atoms with Crippen molar-refractivity contribution in [1.82, 2.24) is 29.1 Å². The highest BCUT2D eigenvalue weighted by Crippen LogP contribution is 2.40. The number of hydrogen-bond acceptors (Lipinski definition) is 8. The lowest BCUT2D eigenvalue weighted by Gasteiger charge is -2.29. The molecule has 0 bridgehead atoms. The number of benzene rings is 3. The Balaban J connectivity index is 0.978. The van der Waals surface area contributed by atoms with Gasteiger partial charge in [0, 0.05) is 10.6 Å². The summed E-state index contributed by atoms with van der Waals surface area (Å²) in [7, 11) is 0. The van der Waals surface area contributed by atoms with Gasteiger partial charge in [-0.2, -0.15) is 10.2 Å². The van der Waals surface area contributed by atoms with Crippen molar-refractivity contribution in [3.05, 3.63) is 112 Å². The average Bonchev–Trinajstić information content (AvgIpc) is 3.92. The van der Waals surface area contributed by atoms with E-state index in [1.54, 1.807) is 34.0 Å². The molecular formula is C34H35Cl2N8O4+. The third-order valence-electron chi connectivity index (χ3n) is 8.66. The maximum Gasteiger partial charge on any atom is 0.350 e.